The maximum Gasteiger partial charge on any atom is 0.254 e. The van der Waals surface area contributed by atoms with Crippen LogP contribution in [0.2, 0.25) is 0 Å². The Balaban J connectivity index is 1.18. The van der Waals surface area contributed by atoms with E-state index in [4.69, 9.17) is 0 Å². The summed E-state index contributed by atoms with van der Waals surface area (Å²) in [7, 11) is 0. The Morgan fingerprint density at radius 2 is 1.69 bits per heavy atom. The summed E-state index contributed by atoms with van der Waals surface area (Å²) in [4.78, 5) is 19.0. The molecule has 0 atom stereocenters. The molecule has 4 aromatic rings. The molecule has 0 radical (unpaired) electrons. The van der Waals surface area contributed by atoms with Crippen molar-refractivity contribution in [2.45, 2.75) is 18.6 Å². The van der Waals surface area contributed by atoms with E-state index in [1.54, 1.807) is 4.90 Å². The lowest BCUT2D eigenvalue weighted by atomic mass is 9.86. The predicted molar refractivity (Wildman–Crippen MR) is 127 cm³/mol. The maximum atomic E-state index is 12.8. The number of hydrogen-bond donors (Lipinski definition) is 2. The molecule has 5 heteroatoms. The first-order valence-electron chi connectivity index (χ1n) is 10.8. The van der Waals surface area contributed by atoms with Crippen molar-refractivity contribution in [2.75, 3.05) is 18.4 Å². The van der Waals surface area contributed by atoms with Gasteiger partial charge in [-0.05, 0) is 41.5 Å². The molecular weight excluding hydrogens is 398 g/mol. The molecule has 1 aliphatic rings. The van der Waals surface area contributed by atoms with Gasteiger partial charge in [0.2, 0.25) is 0 Å². The Morgan fingerprint density at radius 3 is 2.47 bits per heavy atom. The van der Waals surface area contributed by atoms with Gasteiger partial charge in [0.05, 0.1) is 18.6 Å². The molecule has 5 rings (SSSR count). The summed E-state index contributed by atoms with van der Waals surface area (Å²) >= 11 is 0. The number of benzene rings is 3. The molecule has 32 heavy (non-hydrogen) atoms. The summed E-state index contributed by atoms with van der Waals surface area (Å²) in [6, 6.07) is 27.6. The number of anilines is 1. The van der Waals surface area contributed by atoms with E-state index in [9.17, 15) is 9.90 Å². The molecule has 1 aromatic heterocycles. The summed E-state index contributed by atoms with van der Waals surface area (Å²) in [5.41, 5.74) is 3.93. The van der Waals surface area contributed by atoms with Crippen LogP contribution in [0.25, 0.3) is 10.9 Å². The van der Waals surface area contributed by atoms with Gasteiger partial charge in [0.25, 0.3) is 5.91 Å². The first-order valence-corrected chi connectivity index (χ1v) is 10.8. The number of carbonyl (C=O) groups is 1. The first kappa shape index (κ1) is 20.2. The SMILES string of the molecule is O=C(c1ccc(NCc2cccc3cccnc23)cc1)N1CC(O)(Cc2ccccc2)C1. The van der Waals surface area contributed by atoms with Crippen LogP contribution in [-0.2, 0) is 13.0 Å². The minimum absolute atomic E-state index is 0.0486. The second-order valence-electron chi connectivity index (χ2n) is 8.47. The number of likely N-dealkylation sites (tertiary alicyclic amines) is 1. The molecule has 5 nitrogen and oxygen atoms in total. The Labute approximate surface area is 187 Å². The quantitative estimate of drug-likeness (QED) is 0.486. The molecule has 1 aliphatic heterocycles. The molecule has 0 aliphatic carbocycles. The highest BCUT2D eigenvalue weighted by Crippen LogP contribution is 2.27. The van der Waals surface area contributed by atoms with Gasteiger partial charge in [0, 0.05) is 35.8 Å². The Bertz CT molecular complexity index is 1230. The Hall–Kier alpha value is -3.70. The third-order valence-corrected chi connectivity index (χ3v) is 5.96. The van der Waals surface area contributed by atoms with Crippen LogP contribution in [0.5, 0.6) is 0 Å². The number of rotatable bonds is 6. The van der Waals surface area contributed by atoms with Crippen LogP contribution in [0.4, 0.5) is 5.69 Å². The summed E-state index contributed by atoms with van der Waals surface area (Å²) < 4.78 is 0. The standard InChI is InChI=1S/C27H25N3O2/c31-26(30-18-27(32,19-30)16-20-6-2-1-3-7-20)22-11-13-24(14-12-22)29-17-23-9-4-8-21-10-5-15-28-25(21)23/h1-15,29,32H,16-19H2. The van der Waals surface area contributed by atoms with E-state index >= 15 is 0 Å². The van der Waals surface area contributed by atoms with Gasteiger partial charge in [-0.15, -0.1) is 0 Å². The van der Waals surface area contributed by atoms with Crippen molar-refractivity contribution >= 4 is 22.5 Å². The number of hydrogen-bond acceptors (Lipinski definition) is 4. The van der Waals surface area contributed by atoms with Crippen molar-refractivity contribution in [3.63, 3.8) is 0 Å². The lowest BCUT2D eigenvalue weighted by molar-refractivity contribution is -0.0799. The Morgan fingerprint density at radius 1 is 0.938 bits per heavy atom. The van der Waals surface area contributed by atoms with Gasteiger partial charge in [0.15, 0.2) is 0 Å². The lowest BCUT2D eigenvalue weighted by Gasteiger charge is -2.46. The molecule has 0 bridgehead atoms. The van der Waals surface area contributed by atoms with E-state index in [-0.39, 0.29) is 5.91 Å². The second-order valence-corrected chi connectivity index (χ2v) is 8.47. The third-order valence-electron chi connectivity index (χ3n) is 5.96. The van der Waals surface area contributed by atoms with E-state index in [0.29, 0.717) is 31.6 Å². The molecule has 1 fully saturated rings. The van der Waals surface area contributed by atoms with Gasteiger partial charge in [-0.3, -0.25) is 9.78 Å². The topological polar surface area (TPSA) is 65.5 Å². The van der Waals surface area contributed by atoms with Gasteiger partial charge in [-0.1, -0.05) is 54.6 Å². The van der Waals surface area contributed by atoms with Crippen LogP contribution in [0.1, 0.15) is 21.5 Å². The predicted octanol–water partition coefficient (Wildman–Crippen LogP) is 4.28. The first-order chi connectivity index (χ1) is 15.6. The van der Waals surface area contributed by atoms with Crippen molar-refractivity contribution in [2.24, 2.45) is 0 Å². The zero-order chi connectivity index (χ0) is 22.0. The highest BCUT2D eigenvalue weighted by Gasteiger charge is 2.43. The zero-order valence-corrected chi connectivity index (χ0v) is 17.7. The van der Waals surface area contributed by atoms with E-state index in [1.165, 1.54) is 0 Å². The number of nitrogens with one attached hydrogen (secondary N) is 1. The van der Waals surface area contributed by atoms with E-state index in [1.807, 2.05) is 72.9 Å². The summed E-state index contributed by atoms with van der Waals surface area (Å²) in [5, 5.41) is 15.3. The second kappa shape index (κ2) is 8.44. The van der Waals surface area contributed by atoms with Crippen molar-refractivity contribution in [1.29, 1.82) is 0 Å². The number of pyridine rings is 1. The smallest absolute Gasteiger partial charge is 0.254 e. The lowest BCUT2D eigenvalue weighted by Crippen LogP contribution is -2.64. The number of nitrogens with zero attached hydrogens (tertiary/aromatic N) is 2. The average molecular weight is 424 g/mol. The fourth-order valence-corrected chi connectivity index (χ4v) is 4.32. The Kier molecular flexibility index (Phi) is 5.33. The molecule has 0 unspecified atom stereocenters. The molecule has 2 N–H and O–H groups in total. The molecule has 0 spiro atoms. The van der Waals surface area contributed by atoms with E-state index in [2.05, 4.69) is 28.5 Å². The summed E-state index contributed by atoms with van der Waals surface area (Å²) in [6.45, 7) is 1.36. The van der Waals surface area contributed by atoms with Crippen LogP contribution in [0, 0.1) is 0 Å². The van der Waals surface area contributed by atoms with Crippen molar-refractivity contribution in [3.05, 3.63) is 108 Å². The highest BCUT2D eigenvalue weighted by atomic mass is 16.3. The summed E-state index contributed by atoms with van der Waals surface area (Å²) in [6.07, 6.45) is 2.37. The number of aliphatic hydroxyl groups is 1. The van der Waals surface area contributed by atoms with Crippen LogP contribution in [-0.4, -0.2) is 39.6 Å². The molecule has 0 saturated carbocycles. The van der Waals surface area contributed by atoms with Gasteiger partial charge < -0.3 is 15.3 Å². The zero-order valence-electron chi connectivity index (χ0n) is 17.7. The van der Waals surface area contributed by atoms with Gasteiger partial charge in [0.1, 0.15) is 5.60 Å². The van der Waals surface area contributed by atoms with E-state index < -0.39 is 5.60 Å². The van der Waals surface area contributed by atoms with Crippen LogP contribution >= 0.6 is 0 Å². The number of carbonyl (C=O) groups excluding carboxylic acids is 1. The molecule has 3 aromatic carbocycles. The number of para-hydroxylation sites is 1. The highest BCUT2D eigenvalue weighted by molar-refractivity contribution is 5.95. The van der Waals surface area contributed by atoms with Gasteiger partial charge >= 0.3 is 0 Å². The fourth-order valence-electron chi connectivity index (χ4n) is 4.32. The van der Waals surface area contributed by atoms with Crippen molar-refractivity contribution in [1.82, 2.24) is 9.88 Å². The minimum atomic E-state index is -0.842. The monoisotopic (exact) mass is 423 g/mol. The van der Waals surface area contributed by atoms with Gasteiger partial charge in [-0.2, -0.15) is 0 Å². The molecule has 1 saturated heterocycles. The fraction of sp³-hybridized carbons (Fsp3) is 0.185. The normalized spacial score (nSPS) is 14.7. The molecule has 160 valence electrons. The number of amides is 1. The van der Waals surface area contributed by atoms with E-state index in [0.717, 1.165) is 27.7 Å². The molecular formula is C27H25N3O2. The summed E-state index contributed by atoms with van der Waals surface area (Å²) in [5.74, 6) is -0.0486. The number of fused-ring (bicyclic) bond motifs is 1. The average Bonchev–Trinajstić information content (AvgIpc) is 2.81. The van der Waals surface area contributed by atoms with Crippen molar-refractivity contribution in [3.8, 4) is 0 Å². The number of β-amino-alcohol motifs (C(OH)–C–C–N with tert-alkyl or cyclic N) is 1. The van der Waals surface area contributed by atoms with Crippen molar-refractivity contribution < 1.29 is 9.90 Å². The van der Waals surface area contributed by atoms with Crippen LogP contribution in [0.15, 0.2) is 91.1 Å². The molecule has 1 amide bonds. The largest absolute Gasteiger partial charge is 0.386 e. The maximum absolute atomic E-state index is 12.8. The third kappa shape index (κ3) is 4.20. The van der Waals surface area contributed by atoms with Crippen LogP contribution in [0.3, 0.4) is 0 Å². The van der Waals surface area contributed by atoms with Gasteiger partial charge in [-0.25, -0.2) is 0 Å². The molecule has 2 heterocycles. The van der Waals surface area contributed by atoms with Crippen LogP contribution < -0.4 is 5.32 Å². The number of aromatic nitrogens is 1. The minimum Gasteiger partial charge on any atom is -0.386 e.